The fraction of sp³-hybridized carbons (Fsp3) is 0.467. The van der Waals surface area contributed by atoms with Gasteiger partial charge in [0.15, 0.2) is 5.82 Å². The average Bonchev–Trinajstić information content (AvgIpc) is 3.03. The minimum Gasteiger partial charge on any atom is -0.374 e. The average molecular weight is 321 g/mol. The first kappa shape index (κ1) is 15.0. The molecule has 1 aromatic heterocycles. The highest BCUT2D eigenvalue weighted by Gasteiger charge is 2.27. The summed E-state index contributed by atoms with van der Waals surface area (Å²) in [6.07, 6.45) is 2.18. The second kappa shape index (κ2) is 5.72. The molecule has 0 aliphatic carbocycles. The molecular weight excluding hydrogens is 302 g/mol. The molecule has 0 fully saturated rings. The number of fused-ring (bicyclic) bond motifs is 1. The maximum Gasteiger partial charge on any atom is 0.227 e. The van der Waals surface area contributed by atoms with Crippen LogP contribution in [0.15, 0.2) is 28.8 Å². The molecular formula is C15H19N3O3S. The third kappa shape index (κ3) is 3.30. The van der Waals surface area contributed by atoms with Crippen LogP contribution >= 0.6 is 0 Å². The van der Waals surface area contributed by atoms with Crippen LogP contribution in [0, 0.1) is 0 Å². The minimum atomic E-state index is -3.01. The summed E-state index contributed by atoms with van der Waals surface area (Å²) in [6.45, 7) is 0.917. The summed E-state index contributed by atoms with van der Waals surface area (Å²) in [6, 6.07) is 8.31. The van der Waals surface area contributed by atoms with E-state index in [4.69, 9.17) is 4.52 Å². The lowest BCUT2D eigenvalue weighted by Crippen LogP contribution is -2.16. The van der Waals surface area contributed by atoms with Crippen LogP contribution < -0.4 is 4.90 Å². The topological polar surface area (TPSA) is 76.3 Å². The Bertz CT molecular complexity index is 770. The lowest BCUT2D eigenvalue weighted by molar-refractivity contribution is 0.366. The highest BCUT2D eigenvalue weighted by atomic mass is 32.2. The molecule has 6 nitrogen and oxygen atoms in total. The second-order valence-electron chi connectivity index (χ2n) is 5.82. The van der Waals surface area contributed by atoms with E-state index < -0.39 is 9.84 Å². The minimum absolute atomic E-state index is 0.0426. The van der Waals surface area contributed by atoms with E-state index in [9.17, 15) is 8.42 Å². The molecule has 0 bridgehead atoms. The van der Waals surface area contributed by atoms with Gasteiger partial charge in [-0.2, -0.15) is 4.98 Å². The molecule has 0 saturated heterocycles. The van der Waals surface area contributed by atoms with Gasteiger partial charge in [0, 0.05) is 44.3 Å². The number of rotatable bonds is 5. The molecule has 3 rings (SSSR count). The van der Waals surface area contributed by atoms with Gasteiger partial charge in [0.25, 0.3) is 0 Å². The number of para-hydroxylation sites is 1. The standard InChI is InChI=1S/C15H19N3O3S/c1-18-10-11(12-5-3-4-6-13(12)18)9-15-16-14(17-21-15)7-8-22(2,19)20/h3-6,11H,7-10H2,1-2H3. The van der Waals surface area contributed by atoms with Gasteiger partial charge in [-0.25, -0.2) is 8.42 Å². The number of likely N-dealkylation sites (N-methyl/N-ethyl adjacent to an activating group) is 1. The molecule has 0 radical (unpaired) electrons. The first-order chi connectivity index (χ1) is 10.4. The van der Waals surface area contributed by atoms with Crippen molar-refractivity contribution in [2.75, 3.05) is 30.5 Å². The number of aryl methyl sites for hydroxylation is 1. The van der Waals surface area contributed by atoms with Gasteiger partial charge in [0.1, 0.15) is 9.84 Å². The zero-order chi connectivity index (χ0) is 15.7. The number of nitrogens with zero attached hydrogens (tertiary/aromatic N) is 3. The lowest BCUT2D eigenvalue weighted by atomic mass is 9.98. The van der Waals surface area contributed by atoms with Crippen molar-refractivity contribution in [2.24, 2.45) is 0 Å². The molecule has 0 N–H and O–H groups in total. The smallest absolute Gasteiger partial charge is 0.227 e. The summed E-state index contributed by atoms with van der Waals surface area (Å²) >= 11 is 0. The van der Waals surface area contributed by atoms with E-state index in [-0.39, 0.29) is 5.75 Å². The van der Waals surface area contributed by atoms with Gasteiger partial charge in [0.2, 0.25) is 5.89 Å². The molecule has 22 heavy (non-hydrogen) atoms. The van der Waals surface area contributed by atoms with Crippen LogP contribution in [0.4, 0.5) is 5.69 Å². The maximum atomic E-state index is 11.2. The Balaban J connectivity index is 1.69. The highest BCUT2D eigenvalue weighted by molar-refractivity contribution is 7.90. The van der Waals surface area contributed by atoms with Crippen molar-refractivity contribution in [3.8, 4) is 0 Å². The van der Waals surface area contributed by atoms with E-state index in [0.717, 1.165) is 6.54 Å². The number of hydrogen-bond acceptors (Lipinski definition) is 6. The molecule has 1 aliphatic heterocycles. The normalized spacial score (nSPS) is 17.7. The van der Waals surface area contributed by atoms with Crippen molar-refractivity contribution < 1.29 is 12.9 Å². The van der Waals surface area contributed by atoms with E-state index in [1.54, 1.807) is 0 Å². The van der Waals surface area contributed by atoms with Crippen molar-refractivity contribution in [2.45, 2.75) is 18.8 Å². The molecule has 0 spiro atoms. The SMILES string of the molecule is CN1CC(Cc2nc(CCS(C)(=O)=O)no2)c2ccccc21. The summed E-state index contributed by atoms with van der Waals surface area (Å²) in [7, 11) is -0.937. The number of benzene rings is 1. The van der Waals surface area contributed by atoms with E-state index in [1.165, 1.54) is 17.5 Å². The molecule has 1 atom stereocenters. The van der Waals surface area contributed by atoms with Crippen molar-refractivity contribution >= 4 is 15.5 Å². The van der Waals surface area contributed by atoms with Gasteiger partial charge in [0.05, 0.1) is 5.75 Å². The Labute approximate surface area is 130 Å². The predicted octanol–water partition coefficient (Wildman–Crippen LogP) is 1.43. The molecule has 0 saturated carbocycles. The van der Waals surface area contributed by atoms with Gasteiger partial charge in [-0.15, -0.1) is 0 Å². The highest BCUT2D eigenvalue weighted by Crippen LogP contribution is 2.36. The predicted molar refractivity (Wildman–Crippen MR) is 83.9 cm³/mol. The zero-order valence-corrected chi connectivity index (χ0v) is 13.5. The quantitative estimate of drug-likeness (QED) is 0.829. The number of hydrogen-bond donors (Lipinski definition) is 0. The van der Waals surface area contributed by atoms with E-state index in [0.29, 0.717) is 30.5 Å². The van der Waals surface area contributed by atoms with Gasteiger partial charge < -0.3 is 9.42 Å². The van der Waals surface area contributed by atoms with E-state index in [2.05, 4.69) is 34.2 Å². The third-order valence-corrected chi connectivity index (χ3v) is 4.86. The summed E-state index contributed by atoms with van der Waals surface area (Å²) in [5.41, 5.74) is 2.53. The largest absolute Gasteiger partial charge is 0.374 e. The maximum absolute atomic E-state index is 11.2. The number of aromatic nitrogens is 2. The Morgan fingerprint density at radius 3 is 2.91 bits per heavy atom. The van der Waals surface area contributed by atoms with Crippen LogP contribution in [0.1, 0.15) is 23.2 Å². The Morgan fingerprint density at radius 2 is 2.14 bits per heavy atom. The van der Waals surface area contributed by atoms with Crippen LogP contribution in [0.2, 0.25) is 0 Å². The number of anilines is 1. The summed E-state index contributed by atoms with van der Waals surface area (Å²) in [5, 5.41) is 3.87. The van der Waals surface area contributed by atoms with Crippen LogP contribution in [0.3, 0.4) is 0 Å². The number of sulfone groups is 1. The van der Waals surface area contributed by atoms with Crippen LogP contribution in [0.5, 0.6) is 0 Å². The van der Waals surface area contributed by atoms with Crippen molar-refractivity contribution in [1.82, 2.24) is 10.1 Å². The van der Waals surface area contributed by atoms with Crippen LogP contribution in [-0.4, -0.2) is 44.2 Å². The zero-order valence-electron chi connectivity index (χ0n) is 12.7. The molecule has 2 heterocycles. The Hall–Kier alpha value is -1.89. The fourth-order valence-electron chi connectivity index (χ4n) is 2.84. The molecule has 7 heteroatoms. The van der Waals surface area contributed by atoms with Gasteiger partial charge in [-0.1, -0.05) is 23.4 Å². The second-order valence-corrected chi connectivity index (χ2v) is 8.08. The summed E-state index contributed by atoms with van der Waals surface area (Å²) < 4.78 is 27.6. The third-order valence-electron chi connectivity index (χ3n) is 3.91. The Kier molecular flexibility index (Phi) is 3.90. The molecule has 1 unspecified atom stereocenters. The lowest BCUT2D eigenvalue weighted by Gasteiger charge is -2.11. The molecule has 1 aromatic carbocycles. The van der Waals surface area contributed by atoms with Gasteiger partial charge >= 0.3 is 0 Å². The van der Waals surface area contributed by atoms with Crippen LogP contribution in [-0.2, 0) is 22.7 Å². The first-order valence-electron chi connectivity index (χ1n) is 7.21. The van der Waals surface area contributed by atoms with E-state index >= 15 is 0 Å². The molecule has 0 amide bonds. The monoisotopic (exact) mass is 321 g/mol. The molecule has 2 aromatic rings. The van der Waals surface area contributed by atoms with E-state index in [1.807, 2.05) is 12.1 Å². The fourth-order valence-corrected chi connectivity index (χ4v) is 3.40. The van der Waals surface area contributed by atoms with Crippen molar-refractivity contribution in [1.29, 1.82) is 0 Å². The Morgan fingerprint density at radius 1 is 1.36 bits per heavy atom. The summed E-state index contributed by atoms with van der Waals surface area (Å²) in [5.74, 6) is 1.39. The summed E-state index contributed by atoms with van der Waals surface area (Å²) in [4.78, 5) is 6.54. The molecule has 118 valence electrons. The molecule has 1 aliphatic rings. The van der Waals surface area contributed by atoms with Crippen molar-refractivity contribution in [3.63, 3.8) is 0 Å². The van der Waals surface area contributed by atoms with Crippen molar-refractivity contribution in [3.05, 3.63) is 41.5 Å². The van der Waals surface area contributed by atoms with Gasteiger partial charge in [-0.05, 0) is 11.6 Å². The first-order valence-corrected chi connectivity index (χ1v) is 9.27. The van der Waals surface area contributed by atoms with Crippen LogP contribution in [0.25, 0.3) is 0 Å². The van der Waals surface area contributed by atoms with Gasteiger partial charge in [-0.3, -0.25) is 0 Å².